The lowest BCUT2D eigenvalue weighted by molar-refractivity contribution is 0.456. The molecule has 0 spiro atoms. The highest BCUT2D eigenvalue weighted by atomic mass is 35.5. The van der Waals surface area contributed by atoms with Gasteiger partial charge in [0.05, 0.1) is 6.26 Å². The second kappa shape index (κ2) is 6.73. The summed E-state index contributed by atoms with van der Waals surface area (Å²) in [6.07, 6.45) is 4.00. The average Bonchev–Trinajstić information content (AvgIpc) is 2.91. The number of rotatable bonds is 6. The third kappa shape index (κ3) is 4.08. The molecule has 1 aromatic heterocycles. The third-order valence-electron chi connectivity index (χ3n) is 3.20. The number of aryl methyl sites for hydroxylation is 1. The molecule has 1 aromatic carbocycles. The van der Waals surface area contributed by atoms with E-state index in [4.69, 9.17) is 16.0 Å². The fraction of sp³-hybridized carbons (Fsp3) is 0.333. The van der Waals surface area contributed by atoms with Crippen LogP contribution in [0.3, 0.4) is 0 Å². The second-order valence-electron chi connectivity index (χ2n) is 4.54. The third-order valence-corrected chi connectivity index (χ3v) is 3.44. The van der Waals surface area contributed by atoms with Gasteiger partial charge in [0.1, 0.15) is 11.6 Å². The van der Waals surface area contributed by atoms with Crippen molar-refractivity contribution in [1.82, 2.24) is 5.32 Å². The predicted molar refractivity (Wildman–Crippen MR) is 75.0 cm³/mol. The number of hydrogen-bond donors (Lipinski definition) is 1. The van der Waals surface area contributed by atoms with Gasteiger partial charge in [0.2, 0.25) is 0 Å². The lowest BCUT2D eigenvalue weighted by atomic mass is 10.0. The van der Waals surface area contributed by atoms with Gasteiger partial charge in [0.15, 0.2) is 0 Å². The zero-order valence-corrected chi connectivity index (χ0v) is 11.6. The summed E-state index contributed by atoms with van der Waals surface area (Å²) in [4.78, 5) is 0. The van der Waals surface area contributed by atoms with Crippen LogP contribution < -0.4 is 5.32 Å². The quantitative estimate of drug-likeness (QED) is 0.870. The van der Waals surface area contributed by atoms with Gasteiger partial charge in [0, 0.05) is 17.5 Å². The molecule has 0 aliphatic heterocycles. The number of benzene rings is 1. The lowest BCUT2D eigenvalue weighted by Crippen LogP contribution is -2.28. The van der Waals surface area contributed by atoms with Gasteiger partial charge < -0.3 is 9.73 Å². The number of nitrogens with one attached hydrogen (secondary N) is 1. The molecule has 0 amide bonds. The molecule has 1 heterocycles. The molecular weight excluding hydrogens is 265 g/mol. The summed E-state index contributed by atoms with van der Waals surface area (Å²) in [5.74, 6) is 0.745. The molecule has 19 heavy (non-hydrogen) atoms. The molecule has 1 unspecified atom stereocenters. The minimum atomic E-state index is -0.206. The molecule has 0 radical (unpaired) electrons. The molecule has 2 nitrogen and oxygen atoms in total. The Kier molecular flexibility index (Phi) is 5.00. The maximum Gasteiger partial charge on any atom is 0.126 e. The molecule has 0 fully saturated rings. The molecule has 0 aliphatic rings. The van der Waals surface area contributed by atoms with Gasteiger partial charge in [-0.15, -0.1) is 0 Å². The first kappa shape index (κ1) is 14.1. The molecule has 1 N–H and O–H groups in total. The van der Waals surface area contributed by atoms with E-state index in [0.717, 1.165) is 18.6 Å². The molecule has 102 valence electrons. The summed E-state index contributed by atoms with van der Waals surface area (Å²) < 4.78 is 19.0. The lowest BCUT2D eigenvalue weighted by Gasteiger charge is -2.16. The van der Waals surface area contributed by atoms with Crippen LogP contribution in [0.5, 0.6) is 0 Å². The predicted octanol–water partition coefficient (Wildman–Crippen LogP) is 3.84. The fourth-order valence-corrected chi connectivity index (χ4v) is 2.28. The van der Waals surface area contributed by atoms with Crippen LogP contribution in [0.15, 0.2) is 41.0 Å². The fourth-order valence-electron chi connectivity index (χ4n) is 2.08. The van der Waals surface area contributed by atoms with Gasteiger partial charge in [0.25, 0.3) is 0 Å². The van der Waals surface area contributed by atoms with Gasteiger partial charge in [-0.1, -0.05) is 11.6 Å². The molecule has 1 atom stereocenters. The Morgan fingerprint density at radius 1 is 1.37 bits per heavy atom. The van der Waals surface area contributed by atoms with E-state index in [2.05, 4.69) is 5.32 Å². The van der Waals surface area contributed by atoms with E-state index >= 15 is 0 Å². The Hall–Kier alpha value is -1.32. The van der Waals surface area contributed by atoms with E-state index in [9.17, 15) is 4.39 Å². The summed E-state index contributed by atoms with van der Waals surface area (Å²) in [5, 5.41) is 3.78. The minimum Gasteiger partial charge on any atom is -0.469 e. The summed E-state index contributed by atoms with van der Waals surface area (Å²) in [6.45, 7) is 0. The van der Waals surface area contributed by atoms with Crippen molar-refractivity contribution >= 4 is 11.6 Å². The molecule has 2 aromatic rings. The van der Waals surface area contributed by atoms with Crippen LogP contribution in [0.2, 0.25) is 5.02 Å². The minimum absolute atomic E-state index is 0.193. The van der Waals surface area contributed by atoms with Gasteiger partial charge in [-0.2, -0.15) is 0 Å². The Labute approximate surface area is 117 Å². The summed E-state index contributed by atoms with van der Waals surface area (Å²) in [6, 6.07) is 8.69. The van der Waals surface area contributed by atoms with E-state index in [-0.39, 0.29) is 11.9 Å². The first-order valence-electron chi connectivity index (χ1n) is 6.32. The Morgan fingerprint density at radius 3 is 2.89 bits per heavy atom. The Morgan fingerprint density at radius 2 is 2.21 bits per heavy atom. The van der Waals surface area contributed by atoms with Crippen molar-refractivity contribution in [3.8, 4) is 0 Å². The highest BCUT2D eigenvalue weighted by Gasteiger charge is 2.12. The van der Waals surface area contributed by atoms with Crippen molar-refractivity contribution < 1.29 is 8.81 Å². The zero-order valence-electron chi connectivity index (χ0n) is 10.8. The van der Waals surface area contributed by atoms with Crippen LogP contribution in [-0.2, 0) is 12.8 Å². The standard InChI is InChI=1S/C15H17ClFNO/c1-18-13(5-6-14-3-2-8-19-14)10-11-9-12(16)4-7-15(11)17/h2-4,7-9,13,18H,5-6,10H2,1H3. The van der Waals surface area contributed by atoms with Crippen molar-refractivity contribution in [1.29, 1.82) is 0 Å². The zero-order chi connectivity index (χ0) is 13.7. The van der Waals surface area contributed by atoms with E-state index in [1.165, 1.54) is 6.07 Å². The largest absolute Gasteiger partial charge is 0.469 e. The number of furan rings is 1. The van der Waals surface area contributed by atoms with Crippen molar-refractivity contribution in [3.63, 3.8) is 0 Å². The monoisotopic (exact) mass is 281 g/mol. The van der Waals surface area contributed by atoms with E-state index in [1.807, 2.05) is 19.2 Å². The van der Waals surface area contributed by atoms with E-state index in [0.29, 0.717) is 17.0 Å². The van der Waals surface area contributed by atoms with Gasteiger partial charge >= 0.3 is 0 Å². The van der Waals surface area contributed by atoms with Crippen molar-refractivity contribution in [3.05, 3.63) is 58.8 Å². The number of halogens is 2. The van der Waals surface area contributed by atoms with Crippen LogP contribution in [-0.4, -0.2) is 13.1 Å². The van der Waals surface area contributed by atoms with Crippen molar-refractivity contribution in [2.45, 2.75) is 25.3 Å². The highest BCUT2D eigenvalue weighted by Crippen LogP contribution is 2.18. The van der Waals surface area contributed by atoms with Crippen LogP contribution in [0, 0.1) is 5.82 Å². The molecule has 0 aliphatic carbocycles. The van der Waals surface area contributed by atoms with Gasteiger partial charge in [-0.05, 0) is 55.8 Å². The van der Waals surface area contributed by atoms with Crippen LogP contribution in [0.1, 0.15) is 17.7 Å². The number of hydrogen-bond acceptors (Lipinski definition) is 2. The molecular formula is C15H17ClFNO. The summed E-state index contributed by atoms with van der Waals surface area (Å²) >= 11 is 5.90. The van der Waals surface area contributed by atoms with E-state index in [1.54, 1.807) is 18.4 Å². The maximum absolute atomic E-state index is 13.7. The SMILES string of the molecule is CNC(CCc1ccco1)Cc1cc(Cl)ccc1F. The Bertz CT molecular complexity index is 513. The van der Waals surface area contributed by atoms with Crippen molar-refractivity contribution in [2.75, 3.05) is 7.05 Å². The van der Waals surface area contributed by atoms with Gasteiger partial charge in [-0.3, -0.25) is 0 Å². The maximum atomic E-state index is 13.7. The highest BCUT2D eigenvalue weighted by molar-refractivity contribution is 6.30. The van der Waals surface area contributed by atoms with Crippen LogP contribution in [0.25, 0.3) is 0 Å². The Balaban J connectivity index is 1.96. The molecule has 2 rings (SSSR count). The number of likely N-dealkylation sites (N-methyl/N-ethyl adjacent to an activating group) is 1. The topological polar surface area (TPSA) is 25.2 Å². The molecule has 0 saturated heterocycles. The average molecular weight is 282 g/mol. The van der Waals surface area contributed by atoms with Crippen LogP contribution in [0.4, 0.5) is 4.39 Å². The van der Waals surface area contributed by atoms with Crippen molar-refractivity contribution in [2.24, 2.45) is 0 Å². The first-order valence-corrected chi connectivity index (χ1v) is 6.70. The first-order chi connectivity index (χ1) is 9.19. The molecule has 0 bridgehead atoms. The summed E-state index contributed by atoms with van der Waals surface area (Å²) in [5.41, 5.74) is 0.645. The van der Waals surface area contributed by atoms with E-state index < -0.39 is 0 Å². The van der Waals surface area contributed by atoms with Crippen LogP contribution >= 0.6 is 11.6 Å². The molecule has 0 saturated carbocycles. The summed E-state index contributed by atoms with van der Waals surface area (Å²) in [7, 11) is 1.88. The van der Waals surface area contributed by atoms with Gasteiger partial charge in [-0.25, -0.2) is 4.39 Å². The smallest absolute Gasteiger partial charge is 0.126 e. The molecule has 4 heteroatoms. The normalized spacial score (nSPS) is 12.6. The second-order valence-corrected chi connectivity index (χ2v) is 4.98.